The summed E-state index contributed by atoms with van der Waals surface area (Å²) in [5.74, 6) is -0.968. The molecular weight excluding hydrogens is 308 g/mol. The summed E-state index contributed by atoms with van der Waals surface area (Å²) in [4.78, 5) is 21.9. The average Bonchev–Trinajstić information content (AvgIpc) is 2.54. The summed E-state index contributed by atoms with van der Waals surface area (Å²) in [6.07, 6.45) is 8.15. The molecule has 2 atom stereocenters. The van der Waals surface area contributed by atoms with Crippen molar-refractivity contribution in [3.8, 4) is 0 Å². The third-order valence-corrected chi connectivity index (χ3v) is 4.17. The van der Waals surface area contributed by atoms with Crippen LogP contribution >= 0.6 is 0 Å². The molecule has 24 heavy (non-hydrogen) atoms. The number of aliphatic hydroxyl groups is 1. The zero-order valence-electron chi connectivity index (χ0n) is 16.7. The molecule has 2 unspecified atom stereocenters. The molecule has 0 fully saturated rings. The monoisotopic (exact) mass is 348 g/mol. The Balaban J connectivity index is 4.32. The van der Waals surface area contributed by atoms with Gasteiger partial charge in [0.1, 0.15) is 6.61 Å². The zero-order chi connectivity index (χ0) is 18.5. The minimum absolute atomic E-state index is 0.146. The Morgan fingerprint density at radius 2 is 1.46 bits per heavy atom. The highest BCUT2D eigenvalue weighted by molar-refractivity contribution is 4.65. The fourth-order valence-corrected chi connectivity index (χ4v) is 2.00. The van der Waals surface area contributed by atoms with Gasteiger partial charge < -0.3 is 5.11 Å². The Morgan fingerprint density at radius 3 is 2.04 bits per heavy atom. The van der Waals surface area contributed by atoms with E-state index in [4.69, 9.17) is 19.6 Å². The lowest BCUT2D eigenvalue weighted by Crippen LogP contribution is -2.37. The van der Waals surface area contributed by atoms with E-state index in [1.807, 2.05) is 27.7 Å². The Hall–Kier alpha value is -0.200. The SMILES string of the molecule is CCCCCC(O)COOC(C)(CCCCC)OOC(C)(C)CC. The van der Waals surface area contributed by atoms with Gasteiger partial charge in [0.25, 0.3) is 0 Å². The van der Waals surface area contributed by atoms with Crippen molar-refractivity contribution in [2.24, 2.45) is 0 Å². The van der Waals surface area contributed by atoms with Gasteiger partial charge in [-0.3, -0.25) is 0 Å². The first-order chi connectivity index (χ1) is 11.3. The minimum atomic E-state index is -0.968. The second-order valence-corrected chi connectivity index (χ2v) is 7.39. The highest BCUT2D eigenvalue weighted by atomic mass is 17.3. The molecule has 0 aromatic heterocycles. The molecule has 146 valence electrons. The lowest BCUT2D eigenvalue weighted by atomic mass is 10.1. The molecule has 0 aliphatic rings. The summed E-state index contributed by atoms with van der Waals surface area (Å²) in [7, 11) is 0. The van der Waals surface area contributed by atoms with E-state index in [1.54, 1.807) is 0 Å². The molecule has 0 aliphatic heterocycles. The largest absolute Gasteiger partial charge is 0.391 e. The molecule has 0 saturated carbocycles. The molecule has 0 saturated heterocycles. The van der Waals surface area contributed by atoms with Crippen LogP contribution in [0.5, 0.6) is 0 Å². The van der Waals surface area contributed by atoms with E-state index in [-0.39, 0.29) is 12.2 Å². The number of hydrogen-bond acceptors (Lipinski definition) is 5. The number of unbranched alkanes of at least 4 members (excludes halogenated alkanes) is 4. The van der Waals surface area contributed by atoms with Crippen molar-refractivity contribution in [3.05, 3.63) is 0 Å². The van der Waals surface area contributed by atoms with Crippen molar-refractivity contribution in [2.45, 2.75) is 117 Å². The number of aliphatic hydroxyl groups excluding tert-OH is 1. The second kappa shape index (κ2) is 13.1. The fraction of sp³-hybridized carbons (Fsp3) is 1.00. The standard InChI is InChI=1S/C19H40O5/c1-7-10-12-14-17(20)16-21-23-19(6,15-13-11-8-2)24-22-18(4,5)9-3/h17,20H,7-16H2,1-6H3. The van der Waals surface area contributed by atoms with Crippen molar-refractivity contribution in [1.29, 1.82) is 0 Å². The maximum atomic E-state index is 9.91. The predicted octanol–water partition coefficient (Wildman–Crippen LogP) is 5.31. The summed E-state index contributed by atoms with van der Waals surface area (Å²) in [5.41, 5.74) is -0.380. The molecular formula is C19H40O5. The molecule has 0 amide bonds. The Kier molecular flexibility index (Phi) is 13.0. The van der Waals surface area contributed by atoms with Gasteiger partial charge in [-0.25, -0.2) is 9.78 Å². The molecule has 0 rings (SSSR count). The first-order valence-corrected chi connectivity index (χ1v) is 9.64. The zero-order valence-corrected chi connectivity index (χ0v) is 16.7. The van der Waals surface area contributed by atoms with Crippen LogP contribution in [0.15, 0.2) is 0 Å². The Morgan fingerprint density at radius 1 is 0.833 bits per heavy atom. The van der Waals surface area contributed by atoms with Gasteiger partial charge in [0.2, 0.25) is 5.79 Å². The van der Waals surface area contributed by atoms with Crippen LogP contribution in [0.25, 0.3) is 0 Å². The van der Waals surface area contributed by atoms with Gasteiger partial charge in [-0.1, -0.05) is 52.9 Å². The molecule has 0 aromatic carbocycles. The third kappa shape index (κ3) is 12.2. The fourth-order valence-electron chi connectivity index (χ4n) is 2.00. The Bertz CT molecular complexity index is 295. The third-order valence-electron chi connectivity index (χ3n) is 4.17. The molecule has 0 heterocycles. The van der Waals surface area contributed by atoms with Crippen molar-refractivity contribution in [3.63, 3.8) is 0 Å². The quantitative estimate of drug-likeness (QED) is 0.177. The lowest BCUT2D eigenvalue weighted by molar-refractivity contribution is -0.526. The molecule has 0 spiro atoms. The maximum absolute atomic E-state index is 9.91. The summed E-state index contributed by atoms with van der Waals surface area (Å²) in [6, 6.07) is 0. The van der Waals surface area contributed by atoms with Crippen LogP contribution in [0, 0.1) is 0 Å². The van der Waals surface area contributed by atoms with E-state index in [9.17, 15) is 5.11 Å². The van der Waals surface area contributed by atoms with Crippen LogP contribution in [0.4, 0.5) is 0 Å². The van der Waals surface area contributed by atoms with E-state index in [0.717, 1.165) is 51.4 Å². The van der Waals surface area contributed by atoms with Crippen LogP contribution in [-0.2, 0) is 19.6 Å². The van der Waals surface area contributed by atoms with Crippen LogP contribution in [0.1, 0.15) is 99.3 Å². The van der Waals surface area contributed by atoms with Crippen molar-refractivity contribution in [1.82, 2.24) is 0 Å². The first-order valence-electron chi connectivity index (χ1n) is 9.64. The van der Waals surface area contributed by atoms with Crippen LogP contribution in [0.2, 0.25) is 0 Å². The molecule has 5 heteroatoms. The van der Waals surface area contributed by atoms with Gasteiger partial charge >= 0.3 is 0 Å². The molecule has 0 bridgehead atoms. The Labute approximate surface area is 148 Å². The molecule has 1 N–H and O–H groups in total. The first kappa shape index (κ1) is 23.8. The average molecular weight is 349 g/mol. The second-order valence-electron chi connectivity index (χ2n) is 7.39. The highest BCUT2D eigenvalue weighted by Gasteiger charge is 2.32. The summed E-state index contributed by atoms with van der Waals surface area (Å²) >= 11 is 0. The van der Waals surface area contributed by atoms with Crippen molar-refractivity contribution >= 4 is 0 Å². The normalized spacial score (nSPS) is 16.1. The van der Waals surface area contributed by atoms with E-state index < -0.39 is 11.9 Å². The van der Waals surface area contributed by atoms with E-state index >= 15 is 0 Å². The maximum Gasteiger partial charge on any atom is 0.231 e. The predicted molar refractivity (Wildman–Crippen MR) is 96.3 cm³/mol. The summed E-state index contributed by atoms with van der Waals surface area (Å²) in [5, 5.41) is 9.91. The number of rotatable bonds is 16. The lowest BCUT2D eigenvalue weighted by Gasteiger charge is -2.31. The smallest absolute Gasteiger partial charge is 0.231 e. The molecule has 5 nitrogen and oxygen atoms in total. The van der Waals surface area contributed by atoms with Crippen LogP contribution in [0.3, 0.4) is 0 Å². The van der Waals surface area contributed by atoms with Gasteiger partial charge in [0, 0.05) is 6.42 Å². The van der Waals surface area contributed by atoms with Crippen LogP contribution in [-0.4, -0.2) is 29.2 Å². The van der Waals surface area contributed by atoms with Crippen molar-refractivity contribution in [2.75, 3.05) is 6.61 Å². The van der Waals surface area contributed by atoms with E-state index in [1.165, 1.54) is 0 Å². The van der Waals surface area contributed by atoms with Crippen LogP contribution < -0.4 is 0 Å². The van der Waals surface area contributed by atoms with Gasteiger partial charge in [0.05, 0.1) is 11.7 Å². The van der Waals surface area contributed by atoms with Gasteiger partial charge in [0.15, 0.2) is 0 Å². The summed E-state index contributed by atoms with van der Waals surface area (Å²) in [6.45, 7) is 12.2. The number of hydrogen-bond donors (Lipinski definition) is 1. The van der Waals surface area contributed by atoms with E-state index in [2.05, 4.69) is 13.8 Å². The molecule has 0 aromatic rings. The molecule has 0 radical (unpaired) electrons. The topological polar surface area (TPSA) is 57.2 Å². The van der Waals surface area contributed by atoms with Gasteiger partial charge in [-0.15, -0.1) is 0 Å². The van der Waals surface area contributed by atoms with Gasteiger partial charge in [-0.05, 0) is 40.0 Å². The van der Waals surface area contributed by atoms with Crippen molar-refractivity contribution < 1.29 is 24.7 Å². The minimum Gasteiger partial charge on any atom is -0.391 e. The molecule has 0 aliphatic carbocycles. The summed E-state index contributed by atoms with van der Waals surface area (Å²) < 4.78 is 0. The van der Waals surface area contributed by atoms with Gasteiger partial charge in [-0.2, -0.15) is 9.78 Å². The van der Waals surface area contributed by atoms with E-state index in [0.29, 0.717) is 6.42 Å². The highest BCUT2D eigenvalue weighted by Crippen LogP contribution is 2.26.